The highest BCUT2D eigenvalue weighted by molar-refractivity contribution is 6.00. The van der Waals surface area contributed by atoms with Gasteiger partial charge in [0.1, 0.15) is 0 Å². The molecule has 0 heterocycles. The second kappa shape index (κ2) is 14.2. The number of benzene rings is 8. The zero-order valence-corrected chi connectivity index (χ0v) is 36.3. The number of nitrogens with zero attached hydrogens (tertiary/aromatic N) is 1. The number of rotatable bonds is 7. The van der Waals surface area contributed by atoms with Crippen LogP contribution >= 0.6 is 0 Å². The molecule has 62 heavy (non-hydrogen) atoms. The molecular formula is C61H55N. The molecule has 4 saturated carbocycles. The second-order valence-corrected chi connectivity index (χ2v) is 20.4. The van der Waals surface area contributed by atoms with Gasteiger partial charge >= 0.3 is 0 Å². The van der Waals surface area contributed by atoms with Gasteiger partial charge in [-0.1, -0.05) is 172 Å². The van der Waals surface area contributed by atoms with Crippen LogP contribution < -0.4 is 4.90 Å². The highest BCUT2D eigenvalue weighted by atomic mass is 15.1. The Morgan fingerprint density at radius 1 is 0.419 bits per heavy atom. The van der Waals surface area contributed by atoms with E-state index in [0.717, 1.165) is 17.8 Å². The van der Waals surface area contributed by atoms with Crippen LogP contribution in [-0.2, 0) is 16.2 Å². The van der Waals surface area contributed by atoms with Crippen molar-refractivity contribution in [2.75, 3.05) is 4.90 Å². The Morgan fingerprint density at radius 3 is 1.61 bits per heavy atom. The SMILES string of the molecule is CC(C)(C)c1ccccc1-c1cc2ccccc2cc1N(c1cccc(C23CC4CC(CC(C4)C2)C3)c1)c1ccc2c(c1)C(c1ccccc1)(c1ccccc1)c1ccccc1-2. The first kappa shape index (κ1) is 37.6. The maximum absolute atomic E-state index is 2.63. The van der Waals surface area contributed by atoms with Crippen molar-refractivity contribution >= 4 is 27.8 Å². The van der Waals surface area contributed by atoms with Crippen LogP contribution in [0.3, 0.4) is 0 Å². The van der Waals surface area contributed by atoms with Crippen molar-refractivity contribution in [2.24, 2.45) is 17.8 Å². The van der Waals surface area contributed by atoms with E-state index in [9.17, 15) is 0 Å². The van der Waals surface area contributed by atoms with Crippen molar-refractivity contribution in [3.05, 3.63) is 221 Å². The number of fused-ring (bicyclic) bond motifs is 4. The smallest absolute Gasteiger partial charge is 0.0714 e. The van der Waals surface area contributed by atoms with Gasteiger partial charge in [-0.05, 0) is 164 Å². The minimum absolute atomic E-state index is 0.0485. The first-order valence-corrected chi connectivity index (χ1v) is 23.2. The van der Waals surface area contributed by atoms with E-state index in [-0.39, 0.29) is 10.8 Å². The molecule has 8 aromatic carbocycles. The molecule has 1 nitrogen and oxygen atoms in total. The average Bonchev–Trinajstić information content (AvgIpc) is 3.59. The summed E-state index contributed by atoms with van der Waals surface area (Å²) in [6, 6.07) is 71.9. The van der Waals surface area contributed by atoms with Gasteiger partial charge in [-0.3, -0.25) is 0 Å². The molecule has 0 amide bonds. The Bertz CT molecular complexity index is 2910. The summed E-state index contributed by atoms with van der Waals surface area (Å²) in [6.07, 6.45) is 8.37. The van der Waals surface area contributed by atoms with Crippen molar-refractivity contribution in [2.45, 2.75) is 75.5 Å². The van der Waals surface area contributed by atoms with Crippen LogP contribution in [0.15, 0.2) is 188 Å². The van der Waals surface area contributed by atoms with Crippen molar-refractivity contribution in [3.8, 4) is 22.3 Å². The van der Waals surface area contributed by atoms with Gasteiger partial charge in [0.05, 0.1) is 11.1 Å². The van der Waals surface area contributed by atoms with Gasteiger partial charge in [-0.2, -0.15) is 0 Å². The van der Waals surface area contributed by atoms with Crippen LogP contribution in [0.5, 0.6) is 0 Å². The molecule has 0 aromatic heterocycles. The van der Waals surface area contributed by atoms with Crippen LogP contribution in [0.25, 0.3) is 33.0 Å². The lowest BCUT2D eigenvalue weighted by Crippen LogP contribution is -2.48. The summed E-state index contributed by atoms with van der Waals surface area (Å²) in [7, 11) is 0. The Balaban J connectivity index is 1.15. The zero-order valence-electron chi connectivity index (χ0n) is 36.3. The fourth-order valence-electron chi connectivity index (χ4n) is 13.4. The first-order chi connectivity index (χ1) is 30.3. The summed E-state index contributed by atoms with van der Waals surface area (Å²) in [5.74, 6) is 2.64. The molecule has 4 fully saturated rings. The third-order valence-corrected chi connectivity index (χ3v) is 15.6. The molecule has 13 rings (SSSR count). The molecule has 0 atom stereocenters. The molecule has 0 radical (unpaired) electrons. The van der Waals surface area contributed by atoms with Crippen molar-refractivity contribution in [1.29, 1.82) is 0 Å². The van der Waals surface area contributed by atoms with Gasteiger partial charge in [0.2, 0.25) is 0 Å². The van der Waals surface area contributed by atoms with E-state index in [1.54, 1.807) is 5.56 Å². The number of hydrogen-bond acceptors (Lipinski definition) is 1. The second-order valence-electron chi connectivity index (χ2n) is 20.4. The molecule has 304 valence electrons. The Hall–Kier alpha value is -6.18. The molecule has 0 spiro atoms. The van der Waals surface area contributed by atoms with Gasteiger partial charge in [0, 0.05) is 16.9 Å². The molecular weight excluding hydrogens is 747 g/mol. The van der Waals surface area contributed by atoms with Crippen LogP contribution in [0.1, 0.15) is 92.7 Å². The molecule has 0 unspecified atom stereocenters. The van der Waals surface area contributed by atoms with E-state index in [0.29, 0.717) is 0 Å². The summed E-state index contributed by atoms with van der Waals surface area (Å²) in [4.78, 5) is 2.63. The number of anilines is 3. The fraction of sp³-hybridized carbons (Fsp3) is 0.246. The van der Waals surface area contributed by atoms with E-state index < -0.39 is 5.41 Å². The Kier molecular flexibility index (Phi) is 8.59. The minimum Gasteiger partial charge on any atom is -0.310 e. The van der Waals surface area contributed by atoms with Crippen molar-refractivity contribution in [1.82, 2.24) is 0 Å². The molecule has 8 aromatic rings. The van der Waals surface area contributed by atoms with Gasteiger partial charge in [0.15, 0.2) is 0 Å². The normalized spacial score (nSPS) is 21.8. The highest BCUT2D eigenvalue weighted by Gasteiger charge is 2.52. The van der Waals surface area contributed by atoms with E-state index in [4.69, 9.17) is 0 Å². The maximum Gasteiger partial charge on any atom is 0.0714 e. The summed E-state index contributed by atoms with van der Waals surface area (Å²) < 4.78 is 0. The Morgan fingerprint density at radius 2 is 0.952 bits per heavy atom. The van der Waals surface area contributed by atoms with Crippen LogP contribution in [0, 0.1) is 17.8 Å². The largest absolute Gasteiger partial charge is 0.310 e. The van der Waals surface area contributed by atoms with E-state index >= 15 is 0 Å². The molecule has 4 bridgehead atoms. The molecule has 5 aliphatic rings. The number of hydrogen-bond donors (Lipinski definition) is 0. The molecule has 0 saturated heterocycles. The predicted octanol–water partition coefficient (Wildman–Crippen LogP) is 16.1. The van der Waals surface area contributed by atoms with E-state index in [2.05, 4.69) is 214 Å². The van der Waals surface area contributed by atoms with Gasteiger partial charge in [-0.25, -0.2) is 0 Å². The molecule has 5 aliphatic carbocycles. The standard InChI is InChI=1S/C61H55N/c1-59(2,3)55-27-14-12-26-52(55)54-34-44-17-10-11-18-45(44)35-58(54)62(49-24-16-23-48(36-49)60-38-41-31-42(39-60)33-43(32-41)40-60)50-29-30-53-51-25-13-15-28-56(51)61(57(53)37-50,46-19-6-4-7-20-46)47-21-8-5-9-22-47/h4-30,34-37,41-43H,31-33,38-40H2,1-3H3. The Labute approximate surface area is 368 Å². The highest BCUT2D eigenvalue weighted by Crippen LogP contribution is 2.62. The summed E-state index contributed by atoms with van der Waals surface area (Å²) in [5.41, 5.74) is 16.7. The van der Waals surface area contributed by atoms with Crippen LogP contribution in [-0.4, -0.2) is 0 Å². The average molecular weight is 802 g/mol. The van der Waals surface area contributed by atoms with E-state index in [1.165, 1.54) is 116 Å². The first-order valence-electron chi connectivity index (χ1n) is 23.2. The monoisotopic (exact) mass is 801 g/mol. The quantitative estimate of drug-likeness (QED) is 0.155. The lowest BCUT2D eigenvalue weighted by molar-refractivity contribution is -0.00516. The van der Waals surface area contributed by atoms with Crippen LogP contribution in [0.4, 0.5) is 17.1 Å². The summed E-state index contributed by atoms with van der Waals surface area (Å²) in [6.45, 7) is 7.05. The zero-order chi connectivity index (χ0) is 41.6. The predicted molar refractivity (Wildman–Crippen MR) is 260 cm³/mol. The van der Waals surface area contributed by atoms with Crippen LogP contribution in [0.2, 0.25) is 0 Å². The fourth-order valence-corrected chi connectivity index (χ4v) is 13.4. The topological polar surface area (TPSA) is 3.24 Å². The molecule has 0 N–H and O–H groups in total. The summed E-state index contributed by atoms with van der Waals surface area (Å²) >= 11 is 0. The minimum atomic E-state index is -0.498. The lowest BCUT2D eigenvalue weighted by Gasteiger charge is -2.57. The third-order valence-electron chi connectivity index (χ3n) is 15.6. The molecule has 0 aliphatic heterocycles. The third kappa shape index (κ3) is 5.81. The lowest BCUT2D eigenvalue weighted by atomic mass is 9.48. The van der Waals surface area contributed by atoms with Gasteiger partial charge in [0.25, 0.3) is 0 Å². The maximum atomic E-state index is 2.63. The van der Waals surface area contributed by atoms with Gasteiger partial charge in [-0.15, -0.1) is 0 Å². The van der Waals surface area contributed by atoms with Crippen molar-refractivity contribution < 1.29 is 0 Å². The van der Waals surface area contributed by atoms with Gasteiger partial charge < -0.3 is 4.90 Å². The summed E-state index contributed by atoms with van der Waals surface area (Å²) in [5, 5.41) is 2.51. The molecule has 1 heteroatoms. The van der Waals surface area contributed by atoms with E-state index in [1.807, 2.05) is 0 Å². The van der Waals surface area contributed by atoms with Crippen molar-refractivity contribution in [3.63, 3.8) is 0 Å².